The van der Waals surface area contributed by atoms with Crippen molar-refractivity contribution in [3.05, 3.63) is 0 Å². The van der Waals surface area contributed by atoms with E-state index in [0.717, 1.165) is 6.42 Å². The molecule has 0 aliphatic carbocycles. The molecule has 0 aliphatic heterocycles. The predicted octanol–water partition coefficient (Wildman–Crippen LogP) is -2.20. The van der Waals surface area contributed by atoms with Gasteiger partial charge in [0.25, 0.3) is 0 Å². The number of carbonyl (C=O) groups excluding carboxylic acids is 2. The first-order valence-corrected chi connectivity index (χ1v) is 4.75. The summed E-state index contributed by atoms with van der Waals surface area (Å²) < 4.78 is 0. The van der Waals surface area contributed by atoms with Crippen LogP contribution >= 0.6 is 0 Å². The highest BCUT2D eigenvalue weighted by Crippen LogP contribution is 1.89. The Bertz CT molecular complexity index is 135. The van der Waals surface area contributed by atoms with E-state index >= 15 is 0 Å². The Morgan fingerprint density at radius 3 is 1.24 bits per heavy atom. The highest BCUT2D eigenvalue weighted by Gasteiger charge is 1.91. The second-order valence-corrected chi connectivity index (χ2v) is 2.53. The Kier molecular flexibility index (Phi) is 34.7. The smallest absolute Gasteiger partial charge is 0.0896 e. The summed E-state index contributed by atoms with van der Waals surface area (Å²) in [4.78, 5) is 20.6. The summed E-state index contributed by atoms with van der Waals surface area (Å²) in [5.74, 6) is 0. The van der Waals surface area contributed by atoms with Gasteiger partial charge in [-0.15, -0.1) is 0 Å². The van der Waals surface area contributed by atoms with Gasteiger partial charge < -0.3 is 30.0 Å². The lowest BCUT2D eigenvalue weighted by molar-refractivity contribution is -0.417. The molecule has 0 amide bonds. The second kappa shape index (κ2) is 23.9. The number of carbonyl (C=O) groups is 2. The minimum atomic E-state index is -2.33. The number of rotatable bonds is 2. The molecule has 0 spiro atoms. The summed E-state index contributed by atoms with van der Waals surface area (Å²) in [6.07, 6.45) is -2.57. The molecule has 0 bridgehead atoms. The molecule has 0 aromatic heterocycles. The third-order valence-electron chi connectivity index (χ3n) is 0.755. The largest absolute Gasteiger partial charge is 0.652 e. The van der Waals surface area contributed by atoms with Gasteiger partial charge in [0, 0.05) is 0 Å². The van der Waals surface area contributed by atoms with Crippen molar-refractivity contribution in [3.63, 3.8) is 0 Å². The van der Waals surface area contributed by atoms with Gasteiger partial charge in [-0.05, 0) is 25.7 Å². The molecule has 8 nitrogen and oxygen atoms in total. The number of carboxylic acid groups (broad SMARTS) is 4. The van der Waals surface area contributed by atoms with Crippen LogP contribution in [0.1, 0.15) is 40.5 Å². The van der Waals surface area contributed by atoms with E-state index in [4.69, 9.17) is 35.3 Å². The van der Waals surface area contributed by atoms with Crippen molar-refractivity contribution in [2.75, 3.05) is 0 Å². The molecular weight excluding hydrogens is 236 g/mol. The monoisotopic (exact) mass is 254 g/mol. The topological polar surface area (TPSA) is 156 Å². The summed E-state index contributed by atoms with van der Waals surface area (Å²) in [7, 11) is 0. The fourth-order valence-electron chi connectivity index (χ4n) is 0.0745. The Balaban J connectivity index is -0.0000000688. The van der Waals surface area contributed by atoms with Gasteiger partial charge in [-0.2, -0.15) is 0 Å². The zero-order chi connectivity index (χ0) is 14.9. The van der Waals surface area contributed by atoms with E-state index in [1.807, 2.05) is 6.92 Å². The number of hydrogen-bond donors (Lipinski definition) is 1. The maximum atomic E-state index is 8.33. The fraction of sp³-hybridized carbons (Fsp3) is 0.778. The van der Waals surface area contributed by atoms with E-state index in [1.54, 1.807) is 6.92 Å². The van der Waals surface area contributed by atoms with E-state index in [0.29, 0.717) is 0 Å². The molecule has 0 heterocycles. The van der Waals surface area contributed by atoms with Gasteiger partial charge in [-0.25, -0.2) is 4.89 Å². The van der Waals surface area contributed by atoms with Crippen LogP contribution < -0.4 is 20.4 Å². The highest BCUT2D eigenvalue weighted by atomic mass is 17.1. The predicted molar refractivity (Wildman–Crippen MR) is 50.2 cm³/mol. The summed E-state index contributed by atoms with van der Waals surface area (Å²) in [6, 6.07) is 0. The summed E-state index contributed by atoms with van der Waals surface area (Å²) in [5, 5.41) is 41.2. The second-order valence-electron chi connectivity index (χ2n) is 2.53. The molecule has 17 heavy (non-hydrogen) atoms. The van der Waals surface area contributed by atoms with Gasteiger partial charge in [0.05, 0.1) is 6.10 Å². The van der Waals surface area contributed by atoms with Crippen LogP contribution in [0.2, 0.25) is 0 Å². The third-order valence-corrected chi connectivity index (χ3v) is 0.755. The molecule has 0 saturated carbocycles. The maximum Gasteiger partial charge on any atom is 0.0896 e. The minimum Gasteiger partial charge on any atom is -0.652 e. The molecule has 0 fully saturated rings. The first kappa shape index (κ1) is 24.6. The molecule has 1 unspecified atom stereocenters. The molecule has 1 atom stereocenters. The van der Waals surface area contributed by atoms with E-state index in [2.05, 4.69) is 18.7 Å². The van der Waals surface area contributed by atoms with E-state index in [-0.39, 0.29) is 6.10 Å². The SMILES string of the molecule is CCC.CCC(C)OO.O=C([O-])[O-].O=C([O-])[O-]. The van der Waals surface area contributed by atoms with Crippen LogP contribution in [-0.4, -0.2) is 23.7 Å². The van der Waals surface area contributed by atoms with Gasteiger partial charge in [-0.3, -0.25) is 5.26 Å². The van der Waals surface area contributed by atoms with Crippen molar-refractivity contribution in [1.29, 1.82) is 0 Å². The quantitative estimate of drug-likeness (QED) is 0.429. The average Bonchev–Trinajstić information content (AvgIpc) is 2.16. The summed E-state index contributed by atoms with van der Waals surface area (Å²) >= 11 is 0. The lowest BCUT2D eigenvalue weighted by atomic mass is 10.3. The molecule has 1 N–H and O–H groups in total. The van der Waals surface area contributed by atoms with Crippen LogP contribution in [0.4, 0.5) is 9.59 Å². The Morgan fingerprint density at radius 1 is 1.06 bits per heavy atom. The summed E-state index contributed by atoms with van der Waals surface area (Å²) in [6.45, 7) is 8.00. The van der Waals surface area contributed by atoms with Crippen molar-refractivity contribution >= 4 is 12.3 Å². The Morgan fingerprint density at radius 2 is 1.24 bits per heavy atom. The van der Waals surface area contributed by atoms with Crippen LogP contribution in [-0.2, 0) is 4.89 Å². The molecule has 0 aromatic rings. The molecule has 0 rings (SSSR count). The highest BCUT2D eigenvalue weighted by molar-refractivity contribution is 5.47. The molecule has 8 heteroatoms. The number of hydrogen-bond acceptors (Lipinski definition) is 8. The Labute approximate surface area is 100 Å². The molecule has 0 aromatic carbocycles. The lowest BCUT2D eigenvalue weighted by Gasteiger charge is -1.98. The van der Waals surface area contributed by atoms with Gasteiger partial charge in [0.15, 0.2) is 0 Å². The third kappa shape index (κ3) is 371. The van der Waals surface area contributed by atoms with Crippen molar-refractivity contribution in [1.82, 2.24) is 0 Å². The first-order valence-electron chi connectivity index (χ1n) is 4.75. The van der Waals surface area contributed by atoms with Crippen molar-refractivity contribution in [2.24, 2.45) is 0 Å². The molecule has 0 radical (unpaired) electrons. The van der Waals surface area contributed by atoms with E-state index in [1.165, 1.54) is 6.42 Å². The maximum absolute atomic E-state index is 8.33. The fourth-order valence-corrected chi connectivity index (χ4v) is 0.0745. The van der Waals surface area contributed by atoms with Gasteiger partial charge in [0.2, 0.25) is 0 Å². The molecular formula is C9H18O8-4. The van der Waals surface area contributed by atoms with Gasteiger partial charge >= 0.3 is 0 Å². The van der Waals surface area contributed by atoms with Crippen molar-refractivity contribution in [3.8, 4) is 0 Å². The van der Waals surface area contributed by atoms with Gasteiger partial charge in [-0.1, -0.05) is 27.2 Å². The Hall–Kier alpha value is -1.54. The lowest BCUT2D eigenvalue weighted by Crippen LogP contribution is -2.37. The van der Waals surface area contributed by atoms with Crippen LogP contribution in [0.15, 0.2) is 0 Å². The zero-order valence-electron chi connectivity index (χ0n) is 10.3. The first-order chi connectivity index (χ1) is 7.69. The van der Waals surface area contributed by atoms with Crippen LogP contribution in [0.25, 0.3) is 0 Å². The molecule has 0 aliphatic rings. The van der Waals surface area contributed by atoms with Crippen LogP contribution in [0, 0.1) is 0 Å². The normalized spacial score (nSPS) is 9.00. The standard InChI is InChI=1S/C4H10O2.C3H8.2CH2O3/c1-3-4(2)6-5;1-3-2;2*2-1(3)4/h4-5H,3H2,1-2H3;3H2,1-2H3;2*(H2,2,3,4)/p-4. The van der Waals surface area contributed by atoms with E-state index < -0.39 is 12.3 Å². The van der Waals surface area contributed by atoms with Crippen LogP contribution in [0.5, 0.6) is 0 Å². The average molecular weight is 254 g/mol. The summed E-state index contributed by atoms with van der Waals surface area (Å²) in [5.41, 5.74) is 0. The van der Waals surface area contributed by atoms with Crippen molar-refractivity contribution in [2.45, 2.75) is 46.6 Å². The molecule has 106 valence electrons. The molecule has 0 saturated heterocycles. The van der Waals surface area contributed by atoms with Gasteiger partial charge in [0.1, 0.15) is 0 Å². The zero-order valence-corrected chi connectivity index (χ0v) is 10.3. The van der Waals surface area contributed by atoms with Crippen LogP contribution in [0.3, 0.4) is 0 Å². The van der Waals surface area contributed by atoms with E-state index in [9.17, 15) is 0 Å². The van der Waals surface area contributed by atoms with Crippen molar-refractivity contribution < 1.29 is 40.2 Å². The minimum absolute atomic E-state index is 0.00926.